The summed E-state index contributed by atoms with van der Waals surface area (Å²) in [6.45, 7) is 3.47. The molecule has 1 saturated heterocycles. The molecule has 0 radical (unpaired) electrons. The van der Waals surface area contributed by atoms with Crippen molar-refractivity contribution in [3.63, 3.8) is 0 Å². The second-order valence-corrected chi connectivity index (χ2v) is 7.79. The summed E-state index contributed by atoms with van der Waals surface area (Å²) in [6.07, 6.45) is 3.05. The highest BCUT2D eigenvalue weighted by molar-refractivity contribution is 5.82. The van der Waals surface area contributed by atoms with Crippen LogP contribution in [-0.2, 0) is 11.3 Å². The summed E-state index contributed by atoms with van der Waals surface area (Å²) < 4.78 is 21.7. The highest BCUT2D eigenvalue weighted by Crippen LogP contribution is 2.27. The number of halogens is 1. The maximum atomic E-state index is 14.2. The second kappa shape index (κ2) is 8.14. The smallest absolute Gasteiger partial charge is 0.182 e. The molecule has 2 aromatic carbocycles. The van der Waals surface area contributed by atoms with Crippen molar-refractivity contribution in [3.05, 3.63) is 66.8 Å². The Morgan fingerprint density at radius 2 is 1.91 bits per heavy atom. The third kappa shape index (κ3) is 3.64. The zero-order valence-corrected chi connectivity index (χ0v) is 17.7. The van der Waals surface area contributed by atoms with Crippen molar-refractivity contribution in [3.8, 4) is 5.69 Å². The normalized spacial score (nSPS) is 14.3. The first-order valence-corrected chi connectivity index (χ1v) is 10.7. The lowest BCUT2D eigenvalue weighted by molar-refractivity contribution is 0.122. The number of morpholine rings is 1. The Balaban J connectivity index is 1.41. The SMILES string of the molecule is Fc1ccc2nc(CNc3ncnc4nc[nH]c34)n(-c3cccc(N4CCOCC4)c3)c2c1. The molecule has 6 rings (SSSR count). The first-order valence-electron chi connectivity index (χ1n) is 10.7. The molecule has 33 heavy (non-hydrogen) atoms. The van der Waals surface area contributed by atoms with Gasteiger partial charge in [-0.05, 0) is 30.3 Å². The van der Waals surface area contributed by atoms with Crippen LogP contribution in [0, 0.1) is 5.82 Å². The van der Waals surface area contributed by atoms with Crippen LogP contribution in [0.2, 0.25) is 0 Å². The van der Waals surface area contributed by atoms with Crippen LogP contribution in [-0.4, -0.2) is 55.8 Å². The number of ether oxygens (including phenoxy) is 1. The third-order valence-electron chi connectivity index (χ3n) is 5.79. The number of rotatable bonds is 5. The van der Waals surface area contributed by atoms with Gasteiger partial charge in [0.1, 0.15) is 23.5 Å². The van der Waals surface area contributed by atoms with E-state index < -0.39 is 0 Å². The molecule has 0 bridgehead atoms. The maximum absolute atomic E-state index is 14.2. The van der Waals surface area contributed by atoms with E-state index in [1.54, 1.807) is 12.4 Å². The zero-order chi connectivity index (χ0) is 22.2. The van der Waals surface area contributed by atoms with E-state index >= 15 is 0 Å². The Bertz CT molecular complexity index is 1440. The molecule has 2 N–H and O–H groups in total. The van der Waals surface area contributed by atoms with Gasteiger partial charge in [-0.3, -0.25) is 4.57 Å². The molecule has 0 amide bonds. The number of hydrogen-bond donors (Lipinski definition) is 2. The van der Waals surface area contributed by atoms with Gasteiger partial charge in [-0.25, -0.2) is 24.3 Å². The molecule has 0 atom stereocenters. The van der Waals surface area contributed by atoms with Gasteiger partial charge < -0.3 is 19.9 Å². The van der Waals surface area contributed by atoms with E-state index in [0.717, 1.165) is 41.3 Å². The third-order valence-corrected chi connectivity index (χ3v) is 5.79. The molecular formula is C23H21FN8O. The Morgan fingerprint density at radius 3 is 2.82 bits per heavy atom. The molecule has 4 heterocycles. The van der Waals surface area contributed by atoms with Crippen LogP contribution >= 0.6 is 0 Å². The average Bonchev–Trinajstić information content (AvgIpc) is 3.48. The Hall–Kier alpha value is -4.05. The van der Waals surface area contributed by atoms with E-state index in [2.05, 4.69) is 42.3 Å². The molecule has 10 heteroatoms. The number of nitrogens with zero attached hydrogens (tertiary/aromatic N) is 6. The average molecular weight is 444 g/mol. The molecule has 3 aromatic heterocycles. The molecule has 1 fully saturated rings. The van der Waals surface area contributed by atoms with E-state index in [9.17, 15) is 4.39 Å². The van der Waals surface area contributed by atoms with E-state index in [1.807, 2.05) is 16.7 Å². The van der Waals surface area contributed by atoms with Crippen LogP contribution in [0.5, 0.6) is 0 Å². The monoisotopic (exact) mass is 444 g/mol. The summed E-state index contributed by atoms with van der Waals surface area (Å²) in [5, 5.41) is 3.33. The number of H-pyrrole nitrogens is 1. The standard InChI is InChI=1S/C23H21FN8O/c24-15-4-5-18-19(10-15)32(17-3-1-2-16(11-17)31-6-8-33-9-7-31)20(30-18)12-25-22-21-23(27-13-26-21)29-14-28-22/h1-5,10-11,13-14H,6-9,12H2,(H2,25,26,27,28,29). The maximum Gasteiger partial charge on any atom is 0.182 e. The summed E-state index contributed by atoms with van der Waals surface area (Å²) >= 11 is 0. The number of aromatic amines is 1. The number of anilines is 2. The quantitative estimate of drug-likeness (QED) is 0.429. The summed E-state index contributed by atoms with van der Waals surface area (Å²) in [5.41, 5.74) is 4.75. The first-order chi connectivity index (χ1) is 16.3. The van der Waals surface area contributed by atoms with Crippen LogP contribution in [0.15, 0.2) is 55.1 Å². The van der Waals surface area contributed by atoms with Crippen LogP contribution in [0.25, 0.3) is 27.9 Å². The van der Waals surface area contributed by atoms with E-state index in [-0.39, 0.29) is 5.82 Å². The summed E-state index contributed by atoms with van der Waals surface area (Å²) in [5.74, 6) is 1.06. The zero-order valence-electron chi connectivity index (χ0n) is 17.7. The number of fused-ring (bicyclic) bond motifs is 2. The number of benzene rings is 2. The van der Waals surface area contributed by atoms with Crippen LogP contribution in [0.1, 0.15) is 5.82 Å². The fourth-order valence-corrected chi connectivity index (χ4v) is 4.22. The van der Waals surface area contributed by atoms with Gasteiger partial charge in [0.15, 0.2) is 11.5 Å². The lowest BCUT2D eigenvalue weighted by atomic mass is 10.2. The van der Waals surface area contributed by atoms with Gasteiger partial charge in [0.25, 0.3) is 0 Å². The molecule has 0 aliphatic carbocycles. The lowest BCUT2D eigenvalue weighted by Gasteiger charge is -2.29. The predicted molar refractivity (Wildman–Crippen MR) is 123 cm³/mol. The minimum Gasteiger partial charge on any atom is -0.378 e. The molecule has 0 unspecified atom stereocenters. The molecule has 166 valence electrons. The number of nitrogens with one attached hydrogen (secondary N) is 2. The summed E-state index contributed by atoms with van der Waals surface area (Å²) in [6, 6.07) is 12.9. The minimum atomic E-state index is -0.303. The Kier molecular flexibility index (Phi) is 4.84. The van der Waals surface area contributed by atoms with Crippen LogP contribution in [0.3, 0.4) is 0 Å². The molecule has 1 aliphatic rings. The number of aromatic nitrogens is 6. The highest BCUT2D eigenvalue weighted by Gasteiger charge is 2.17. The molecular weight excluding hydrogens is 423 g/mol. The molecule has 0 spiro atoms. The first kappa shape index (κ1) is 19.6. The van der Waals surface area contributed by atoms with Crippen molar-refractivity contribution in [2.24, 2.45) is 0 Å². The van der Waals surface area contributed by atoms with Crippen molar-refractivity contribution in [2.45, 2.75) is 6.54 Å². The van der Waals surface area contributed by atoms with Gasteiger partial charge in [0.2, 0.25) is 0 Å². The Morgan fingerprint density at radius 1 is 1.03 bits per heavy atom. The van der Waals surface area contributed by atoms with Crippen LogP contribution in [0.4, 0.5) is 15.9 Å². The molecule has 5 aromatic rings. The predicted octanol–water partition coefficient (Wildman–Crippen LogP) is 3.28. The van der Waals surface area contributed by atoms with Gasteiger partial charge in [-0.1, -0.05) is 6.07 Å². The highest BCUT2D eigenvalue weighted by atomic mass is 19.1. The van der Waals surface area contributed by atoms with Gasteiger partial charge in [-0.15, -0.1) is 0 Å². The van der Waals surface area contributed by atoms with Crippen molar-refractivity contribution in [1.29, 1.82) is 0 Å². The van der Waals surface area contributed by atoms with E-state index in [1.165, 1.54) is 18.5 Å². The fourth-order valence-electron chi connectivity index (χ4n) is 4.22. The van der Waals surface area contributed by atoms with E-state index in [0.29, 0.717) is 36.7 Å². The molecule has 0 saturated carbocycles. The summed E-state index contributed by atoms with van der Waals surface area (Å²) in [4.78, 5) is 22.8. The number of imidazole rings is 2. The van der Waals surface area contributed by atoms with Crippen molar-refractivity contribution in [1.82, 2.24) is 29.5 Å². The molecule has 9 nitrogen and oxygen atoms in total. The van der Waals surface area contributed by atoms with Gasteiger partial charge in [0.05, 0.1) is 37.1 Å². The van der Waals surface area contributed by atoms with Crippen LogP contribution < -0.4 is 10.2 Å². The van der Waals surface area contributed by atoms with Crippen molar-refractivity contribution < 1.29 is 9.13 Å². The topological polar surface area (TPSA) is 96.8 Å². The van der Waals surface area contributed by atoms with E-state index in [4.69, 9.17) is 9.72 Å². The van der Waals surface area contributed by atoms with Gasteiger partial charge >= 0.3 is 0 Å². The summed E-state index contributed by atoms with van der Waals surface area (Å²) in [7, 11) is 0. The van der Waals surface area contributed by atoms with Gasteiger partial charge in [-0.2, -0.15) is 0 Å². The van der Waals surface area contributed by atoms with Gasteiger partial charge in [0, 0.05) is 30.5 Å². The van der Waals surface area contributed by atoms with Crippen molar-refractivity contribution in [2.75, 3.05) is 36.5 Å². The van der Waals surface area contributed by atoms with Crippen molar-refractivity contribution >= 4 is 33.7 Å². The Labute approximate surface area is 188 Å². The molecule has 1 aliphatic heterocycles. The lowest BCUT2D eigenvalue weighted by Crippen LogP contribution is -2.36. The number of hydrogen-bond acceptors (Lipinski definition) is 7. The fraction of sp³-hybridized carbons (Fsp3) is 0.217. The largest absolute Gasteiger partial charge is 0.378 e. The second-order valence-electron chi connectivity index (χ2n) is 7.79. The minimum absolute atomic E-state index is 0.303.